The molecule has 0 fully saturated rings. The molecule has 0 amide bonds. The molecule has 0 saturated heterocycles. The minimum atomic E-state index is 0.871. The number of hydrogen-bond acceptors (Lipinski definition) is 3. The van der Waals surface area contributed by atoms with Crippen LogP contribution in [0.15, 0.2) is 116 Å². The number of nitrogens with zero attached hydrogens (tertiary/aromatic N) is 1. The molecule has 160 valence electrons. The molecule has 0 aliphatic rings. The first kappa shape index (κ1) is 19.3. The molecule has 0 unspecified atom stereocenters. The smallest absolute Gasteiger partial charge is 0.143 e. The van der Waals surface area contributed by atoms with Crippen LogP contribution in [0.5, 0.6) is 11.5 Å². The van der Waals surface area contributed by atoms with Crippen molar-refractivity contribution in [3.63, 3.8) is 0 Å². The summed E-state index contributed by atoms with van der Waals surface area (Å²) in [5.41, 5.74) is 2.36. The Morgan fingerprint density at radius 1 is 0.559 bits per heavy atom. The second-order valence-electron chi connectivity index (χ2n) is 8.37. The topological polar surface area (TPSA) is 22.1 Å². The Hall–Kier alpha value is -4.21. The zero-order valence-corrected chi connectivity index (χ0v) is 19.0. The summed E-state index contributed by atoms with van der Waals surface area (Å²) in [6.45, 7) is 0. The first-order chi connectivity index (χ1) is 16.9. The number of thiophene rings is 1. The molecule has 7 rings (SSSR count). The van der Waals surface area contributed by atoms with E-state index < -0.39 is 0 Å². The molecule has 0 N–H and O–H groups in total. The predicted molar refractivity (Wildman–Crippen MR) is 144 cm³/mol. The number of hydrogen-bond donors (Lipinski definition) is 0. The molecule has 3 heteroatoms. The minimum Gasteiger partial charge on any atom is -0.455 e. The van der Waals surface area contributed by atoms with E-state index in [0.29, 0.717) is 0 Å². The van der Waals surface area contributed by atoms with E-state index in [1.165, 1.54) is 31.3 Å². The highest BCUT2D eigenvalue weighted by Crippen LogP contribution is 2.46. The molecule has 0 spiro atoms. The van der Waals surface area contributed by atoms with Gasteiger partial charge in [0.15, 0.2) is 0 Å². The highest BCUT2D eigenvalue weighted by molar-refractivity contribution is 7.25. The third-order valence-corrected chi connectivity index (χ3v) is 7.55. The molecule has 5 aromatic carbocycles. The largest absolute Gasteiger partial charge is 0.455 e. The van der Waals surface area contributed by atoms with Crippen molar-refractivity contribution in [1.82, 2.24) is 4.98 Å². The summed E-state index contributed by atoms with van der Waals surface area (Å²) in [7, 11) is 0. The summed E-state index contributed by atoms with van der Waals surface area (Å²) >= 11 is 1.80. The number of ether oxygens (including phenoxy) is 1. The average molecular weight is 454 g/mol. The molecule has 0 aliphatic heterocycles. The summed E-state index contributed by atoms with van der Waals surface area (Å²) in [4.78, 5) is 4.48. The van der Waals surface area contributed by atoms with Crippen molar-refractivity contribution < 1.29 is 4.74 Å². The second kappa shape index (κ2) is 7.68. The Morgan fingerprint density at radius 2 is 1.26 bits per heavy atom. The Balaban J connectivity index is 1.56. The predicted octanol–water partition coefficient (Wildman–Crippen LogP) is 9.22. The molecule has 0 aliphatic carbocycles. The third kappa shape index (κ3) is 2.91. The van der Waals surface area contributed by atoms with Gasteiger partial charge in [-0.25, -0.2) is 0 Å². The van der Waals surface area contributed by atoms with Crippen LogP contribution in [0.4, 0.5) is 0 Å². The average Bonchev–Trinajstić information content (AvgIpc) is 3.29. The Bertz CT molecular complexity index is 1780. The van der Waals surface area contributed by atoms with Gasteiger partial charge in [-0.3, -0.25) is 4.98 Å². The van der Waals surface area contributed by atoms with Crippen LogP contribution in [-0.4, -0.2) is 4.98 Å². The molecule has 0 bridgehead atoms. The van der Waals surface area contributed by atoms with Crippen molar-refractivity contribution >= 4 is 53.1 Å². The fourth-order valence-electron chi connectivity index (χ4n) is 4.94. The third-order valence-electron chi connectivity index (χ3n) is 6.41. The fraction of sp³-hybridized carbons (Fsp3) is 0. The van der Waals surface area contributed by atoms with Crippen LogP contribution in [0.2, 0.25) is 0 Å². The lowest BCUT2D eigenvalue weighted by molar-refractivity contribution is 0.500. The van der Waals surface area contributed by atoms with Crippen molar-refractivity contribution in [2.45, 2.75) is 0 Å². The first-order valence-electron chi connectivity index (χ1n) is 11.3. The molecular formula is C31H19NOS. The van der Waals surface area contributed by atoms with Gasteiger partial charge >= 0.3 is 0 Å². The van der Waals surface area contributed by atoms with Crippen LogP contribution in [0, 0.1) is 0 Å². The first-order valence-corrected chi connectivity index (χ1v) is 12.1. The zero-order valence-electron chi connectivity index (χ0n) is 18.2. The quantitative estimate of drug-likeness (QED) is 0.249. The molecule has 2 nitrogen and oxygen atoms in total. The molecule has 2 heterocycles. The Kier molecular flexibility index (Phi) is 4.36. The standard InChI is InChI=1S/C31H19NOS/c1-2-9-20(10-3-1)29-21-11-4-5-12-22(21)31(23-17-18-32-19-25(23)29)33-26-14-8-16-28-30(26)24-13-6-7-15-27(24)34-28/h1-19H. The van der Waals surface area contributed by atoms with Gasteiger partial charge in [-0.05, 0) is 40.8 Å². The monoisotopic (exact) mass is 453 g/mol. The van der Waals surface area contributed by atoms with E-state index in [1.807, 2.05) is 12.4 Å². The lowest BCUT2D eigenvalue weighted by Gasteiger charge is -2.17. The maximum absolute atomic E-state index is 6.85. The summed E-state index contributed by atoms with van der Waals surface area (Å²) in [6.07, 6.45) is 3.80. The molecule has 0 saturated carbocycles. The van der Waals surface area contributed by atoms with E-state index in [1.54, 1.807) is 11.3 Å². The van der Waals surface area contributed by atoms with Gasteiger partial charge in [-0.15, -0.1) is 11.3 Å². The number of aromatic nitrogens is 1. The minimum absolute atomic E-state index is 0.871. The van der Waals surface area contributed by atoms with E-state index in [2.05, 4.69) is 108 Å². The van der Waals surface area contributed by atoms with E-state index in [-0.39, 0.29) is 0 Å². The number of fused-ring (bicyclic) bond motifs is 5. The Labute approximate surface area is 200 Å². The highest BCUT2D eigenvalue weighted by Gasteiger charge is 2.18. The van der Waals surface area contributed by atoms with Crippen molar-refractivity contribution in [3.8, 4) is 22.6 Å². The maximum atomic E-state index is 6.85. The number of rotatable bonds is 3. The number of pyridine rings is 1. The van der Waals surface area contributed by atoms with Gasteiger partial charge in [0.1, 0.15) is 11.5 Å². The van der Waals surface area contributed by atoms with Gasteiger partial charge in [0, 0.05) is 48.7 Å². The summed E-state index contributed by atoms with van der Waals surface area (Å²) in [5, 5.41) is 6.80. The van der Waals surface area contributed by atoms with Crippen LogP contribution in [0.3, 0.4) is 0 Å². The van der Waals surface area contributed by atoms with Crippen molar-refractivity contribution in [1.29, 1.82) is 0 Å². The van der Waals surface area contributed by atoms with Gasteiger partial charge < -0.3 is 4.74 Å². The summed E-state index contributed by atoms with van der Waals surface area (Å²) in [6, 6.07) is 36.0. The maximum Gasteiger partial charge on any atom is 0.143 e. The van der Waals surface area contributed by atoms with Gasteiger partial charge in [-0.2, -0.15) is 0 Å². The SMILES string of the molecule is c1ccc(-c2c3ccccc3c(Oc3cccc4sc5ccccc5c34)c3ccncc23)cc1. The van der Waals surface area contributed by atoms with Gasteiger partial charge in [-0.1, -0.05) is 78.9 Å². The highest BCUT2D eigenvalue weighted by atomic mass is 32.1. The van der Waals surface area contributed by atoms with Crippen LogP contribution >= 0.6 is 11.3 Å². The van der Waals surface area contributed by atoms with Crippen molar-refractivity contribution in [2.24, 2.45) is 0 Å². The fourth-order valence-corrected chi connectivity index (χ4v) is 6.07. The van der Waals surface area contributed by atoms with E-state index >= 15 is 0 Å². The van der Waals surface area contributed by atoms with Crippen LogP contribution < -0.4 is 4.74 Å². The molecular weight excluding hydrogens is 434 g/mol. The van der Waals surface area contributed by atoms with Crippen LogP contribution in [0.25, 0.3) is 52.8 Å². The van der Waals surface area contributed by atoms with Gasteiger partial charge in [0.25, 0.3) is 0 Å². The molecule has 7 aromatic rings. The molecule has 2 aromatic heterocycles. The zero-order chi connectivity index (χ0) is 22.5. The lowest BCUT2D eigenvalue weighted by atomic mass is 9.92. The van der Waals surface area contributed by atoms with Crippen LogP contribution in [-0.2, 0) is 0 Å². The van der Waals surface area contributed by atoms with E-state index in [4.69, 9.17) is 4.74 Å². The van der Waals surface area contributed by atoms with Gasteiger partial charge in [0.2, 0.25) is 0 Å². The van der Waals surface area contributed by atoms with E-state index in [0.717, 1.165) is 33.0 Å². The van der Waals surface area contributed by atoms with E-state index in [9.17, 15) is 0 Å². The van der Waals surface area contributed by atoms with Crippen molar-refractivity contribution in [2.75, 3.05) is 0 Å². The molecule has 34 heavy (non-hydrogen) atoms. The second-order valence-corrected chi connectivity index (χ2v) is 9.45. The number of benzene rings is 5. The normalized spacial score (nSPS) is 11.5. The molecule has 0 atom stereocenters. The summed E-state index contributed by atoms with van der Waals surface area (Å²) < 4.78 is 9.36. The molecule has 0 radical (unpaired) electrons. The lowest BCUT2D eigenvalue weighted by Crippen LogP contribution is -1.93. The van der Waals surface area contributed by atoms with Crippen molar-refractivity contribution in [3.05, 3.63) is 116 Å². The van der Waals surface area contributed by atoms with Crippen LogP contribution in [0.1, 0.15) is 0 Å². The van der Waals surface area contributed by atoms with Gasteiger partial charge in [0.05, 0.1) is 0 Å². The summed E-state index contributed by atoms with van der Waals surface area (Å²) in [5.74, 6) is 1.75. The Morgan fingerprint density at radius 3 is 2.15 bits per heavy atom.